The van der Waals surface area contributed by atoms with Crippen LogP contribution < -0.4 is 10.6 Å². The second-order valence-corrected chi connectivity index (χ2v) is 10.8. The first-order valence-corrected chi connectivity index (χ1v) is 13.6. The second kappa shape index (κ2) is 10.8. The summed E-state index contributed by atoms with van der Waals surface area (Å²) in [6, 6.07) is 16.8. The Hall–Kier alpha value is -3.68. The molecule has 1 fully saturated rings. The molecule has 0 N–H and O–H groups in total. The van der Waals surface area contributed by atoms with Crippen molar-refractivity contribution in [2.45, 2.75) is 32.7 Å². The standard InChI is InChI=1S/C30H29Cl2N5O2/c1-5-26(38)35-14-15-36(19(4)17-35)28-22-16-24(32)27(21-11-6-8-12-23(21)31)33-29(22)37(30(39)34-28)25-13-9-7-10-20(25)18(2)3/h5-13,16,18-19H,1,14-15,17H2,2-4H3/t19-/m0/s1. The van der Waals surface area contributed by atoms with Gasteiger partial charge in [-0.1, -0.05) is 80.0 Å². The molecule has 4 aromatic rings. The first-order valence-electron chi connectivity index (χ1n) is 12.9. The Balaban J connectivity index is 1.78. The highest BCUT2D eigenvalue weighted by Gasteiger charge is 2.30. The van der Waals surface area contributed by atoms with E-state index in [-0.39, 0.29) is 17.9 Å². The number of rotatable bonds is 5. The number of pyridine rings is 1. The molecule has 1 amide bonds. The van der Waals surface area contributed by atoms with E-state index in [4.69, 9.17) is 28.2 Å². The average molecular weight is 563 g/mol. The lowest BCUT2D eigenvalue weighted by Gasteiger charge is -2.40. The molecule has 5 rings (SSSR count). The maximum absolute atomic E-state index is 13.8. The Labute approximate surface area is 237 Å². The summed E-state index contributed by atoms with van der Waals surface area (Å²) in [6.45, 7) is 11.2. The van der Waals surface area contributed by atoms with Crippen molar-refractivity contribution < 1.29 is 4.79 Å². The van der Waals surface area contributed by atoms with Gasteiger partial charge in [-0.3, -0.25) is 4.79 Å². The van der Waals surface area contributed by atoms with E-state index < -0.39 is 5.69 Å². The van der Waals surface area contributed by atoms with Crippen LogP contribution in [0.1, 0.15) is 32.3 Å². The molecule has 2 aromatic carbocycles. The van der Waals surface area contributed by atoms with E-state index in [0.29, 0.717) is 57.8 Å². The fourth-order valence-corrected chi connectivity index (χ4v) is 5.64. The molecule has 0 saturated carbocycles. The number of halogens is 2. The lowest BCUT2D eigenvalue weighted by atomic mass is 10.0. The zero-order valence-corrected chi connectivity index (χ0v) is 23.6. The van der Waals surface area contributed by atoms with Crippen molar-refractivity contribution in [3.63, 3.8) is 0 Å². The highest BCUT2D eigenvalue weighted by Crippen LogP contribution is 2.37. The van der Waals surface area contributed by atoms with Gasteiger partial charge in [0.1, 0.15) is 5.82 Å². The van der Waals surface area contributed by atoms with E-state index in [2.05, 4.69) is 25.4 Å². The molecule has 3 heterocycles. The van der Waals surface area contributed by atoms with Crippen LogP contribution in [0.2, 0.25) is 10.0 Å². The van der Waals surface area contributed by atoms with E-state index in [0.717, 1.165) is 11.3 Å². The molecule has 0 aliphatic carbocycles. The molecule has 1 saturated heterocycles. The van der Waals surface area contributed by atoms with Gasteiger partial charge < -0.3 is 9.80 Å². The summed E-state index contributed by atoms with van der Waals surface area (Å²) < 4.78 is 1.56. The minimum atomic E-state index is -0.442. The maximum atomic E-state index is 13.8. The van der Waals surface area contributed by atoms with Gasteiger partial charge in [0.05, 0.1) is 26.8 Å². The fourth-order valence-electron chi connectivity index (χ4n) is 5.16. The van der Waals surface area contributed by atoms with Crippen LogP contribution in [0.4, 0.5) is 5.82 Å². The molecule has 0 spiro atoms. The molecule has 7 nitrogen and oxygen atoms in total. The molecule has 9 heteroatoms. The number of hydrogen-bond donors (Lipinski definition) is 0. The summed E-state index contributed by atoms with van der Waals surface area (Å²) >= 11 is 13.4. The SMILES string of the molecule is C=CC(=O)N1CCN(c2nc(=O)n(-c3ccccc3C(C)C)c3nc(-c4ccccc4Cl)c(Cl)cc23)[C@@H](C)C1. The van der Waals surface area contributed by atoms with Gasteiger partial charge in [0.15, 0.2) is 5.65 Å². The summed E-state index contributed by atoms with van der Waals surface area (Å²) in [5, 5.41) is 1.55. The van der Waals surface area contributed by atoms with Crippen molar-refractivity contribution in [3.05, 3.63) is 93.3 Å². The Morgan fingerprint density at radius 1 is 1.05 bits per heavy atom. The van der Waals surface area contributed by atoms with Crippen molar-refractivity contribution in [2.24, 2.45) is 0 Å². The third kappa shape index (κ3) is 4.92. The summed E-state index contributed by atoms with van der Waals surface area (Å²) in [5.41, 5.74) is 2.87. The molecular formula is C30H29Cl2N5O2. The van der Waals surface area contributed by atoms with Crippen LogP contribution in [-0.2, 0) is 4.79 Å². The molecule has 0 radical (unpaired) electrons. The maximum Gasteiger partial charge on any atom is 0.355 e. The molecule has 2 aromatic heterocycles. The van der Waals surface area contributed by atoms with Crippen LogP contribution in [0, 0.1) is 0 Å². The van der Waals surface area contributed by atoms with Crippen LogP contribution in [0.15, 0.2) is 72.0 Å². The van der Waals surface area contributed by atoms with Crippen molar-refractivity contribution in [2.75, 3.05) is 24.5 Å². The van der Waals surface area contributed by atoms with Crippen LogP contribution >= 0.6 is 23.2 Å². The number of aromatic nitrogens is 3. The molecule has 200 valence electrons. The van der Waals surface area contributed by atoms with Crippen molar-refractivity contribution in [1.82, 2.24) is 19.4 Å². The zero-order chi connectivity index (χ0) is 27.8. The van der Waals surface area contributed by atoms with Gasteiger partial charge in [0.2, 0.25) is 5.91 Å². The van der Waals surface area contributed by atoms with E-state index in [1.807, 2.05) is 60.4 Å². The second-order valence-electron chi connectivity index (χ2n) is 9.97. The van der Waals surface area contributed by atoms with Gasteiger partial charge in [-0.05, 0) is 42.7 Å². The number of nitrogens with zero attached hydrogens (tertiary/aromatic N) is 5. The Kier molecular flexibility index (Phi) is 7.47. The number of carbonyl (C=O) groups excluding carboxylic acids is 1. The summed E-state index contributed by atoms with van der Waals surface area (Å²) in [6.07, 6.45) is 1.32. The predicted octanol–water partition coefficient (Wildman–Crippen LogP) is 6.10. The lowest BCUT2D eigenvalue weighted by Crippen LogP contribution is -2.54. The van der Waals surface area contributed by atoms with Crippen LogP contribution in [0.3, 0.4) is 0 Å². The fraction of sp³-hybridized carbons (Fsp3) is 0.267. The van der Waals surface area contributed by atoms with Gasteiger partial charge in [0, 0.05) is 31.2 Å². The molecule has 39 heavy (non-hydrogen) atoms. The highest BCUT2D eigenvalue weighted by molar-refractivity contribution is 6.36. The van der Waals surface area contributed by atoms with Crippen molar-refractivity contribution in [3.8, 4) is 16.9 Å². The van der Waals surface area contributed by atoms with Gasteiger partial charge in [-0.25, -0.2) is 14.3 Å². The lowest BCUT2D eigenvalue weighted by molar-refractivity contribution is -0.126. The van der Waals surface area contributed by atoms with E-state index in [9.17, 15) is 9.59 Å². The molecule has 1 aliphatic rings. The number of piperazine rings is 1. The quantitative estimate of drug-likeness (QED) is 0.275. The Morgan fingerprint density at radius 2 is 1.77 bits per heavy atom. The van der Waals surface area contributed by atoms with Gasteiger partial charge in [-0.15, -0.1) is 0 Å². The van der Waals surface area contributed by atoms with Crippen molar-refractivity contribution >= 4 is 46.0 Å². The van der Waals surface area contributed by atoms with Gasteiger partial charge >= 0.3 is 5.69 Å². The summed E-state index contributed by atoms with van der Waals surface area (Å²) in [7, 11) is 0. The van der Waals surface area contributed by atoms with E-state index in [1.165, 1.54) is 6.08 Å². The number of fused-ring (bicyclic) bond motifs is 1. The Bertz CT molecular complexity index is 1650. The number of benzene rings is 2. The average Bonchev–Trinajstić information content (AvgIpc) is 2.92. The van der Waals surface area contributed by atoms with Crippen LogP contribution in [0.5, 0.6) is 0 Å². The number of amides is 1. The molecule has 0 bridgehead atoms. The molecular weight excluding hydrogens is 533 g/mol. The summed E-state index contributed by atoms with van der Waals surface area (Å²) in [5.74, 6) is 0.536. The smallest absolute Gasteiger partial charge is 0.350 e. The summed E-state index contributed by atoms with van der Waals surface area (Å²) in [4.78, 5) is 39.4. The van der Waals surface area contributed by atoms with Gasteiger partial charge in [0.25, 0.3) is 0 Å². The highest BCUT2D eigenvalue weighted by atomic mass is 35.5. The molecule has 0 unspecified atom stereocenters. The third-order valence-electron chi connectivity index (χ3n) is 7.12. The topological polar surface area (TPSA) is 71.3 Å². The monoisotopic (exact) mass is 561 g/mol. The third-order valence-corrected chi connectivity index (χ3v) is 7.73. The Morgan fingerprint density at radius 3 is 2.46 bits per heavy atom. The van der Waals surface area contributed by atoms with E-state index >= 15 is 0 Å². The molecule has 1 aliphatic heterocycles. The first-order chi connectivity index (χ1) is 18.7. The number of carbonyl (C=O) groups is 1. The normalized spacial score (nSPS) is 15.7. The largest absolute Gasteiger partial charge is 0.355 e. The van der Waals surface area contributed by atoms with E-state index in [1.54, 1.807) is 15.5 Å². The van der Waals surface area contributed by atoms with Crippen LogP contribution in [0.25, 0.3) is 28.0 Å². The number of hydrogen-bond acceptors (Lipinski definition) is 5. The van der Waals surface area contributed by atoms with Crippen LogP contribution in [-0.4, -0.2) is 51.0 Å². The zero-order valence-electron chi connectivity index (χ0n) is 22.1. The first kappa shape index (κ1) is 26.9. The minimum absolute atomic E-state index is 0.0985. The number of anilines is 1. The number of para-hydroxylation sites is 1. The predicted molar refractivity (Wildman–Crippen MR) is 158 cm³/mol. The van der Waals surface area contributed by atoms with Gasteiger partial charge in [-0.2, -0.15) is 4.98 Å². The van der Waals surface area contributed by atoms with Crippen molar-refractivity contribution in [1.29, 1.82) is 0 Å². The molecule has 1 atom stereocenters. The minimum Gasteiger partial charge on any atom is -0.350 e.